The molecule has 2 heterocycles. The molecule has 0 radical (unpaired) electrons. The van der Waals surface area contributed by atoms with E-state index in [1.54, 1.807) is 0 Å². The van der Waals surface area contributed by atoms with Gasteiger partial charge in [0.05, 0.1) is 5.60 Å². The standard InChI is InChI=1S/C13H26N2O/c1-11-9-12(5-7-15(11)3)14-10-13(2)6-4-8-16-13/h11-12,14H,4-10H2,1-3H3. The third-order valence-electron chi connectivity index (χ3n) is 4.27. The molecule has 0 bridgehead atoms. The highest BCUT2D eigenvalue weighted by Crippen LogP contribution is 2.25. The van der Waals surface area contributed by atoms with E-state index in [1.807, 2.05) is 0 Å². The second-order valence-electron chi connectivity index (χ2n) is 5.83. The summed E-state index contributed by atoms with van der Waals surface area (Å²) in [5.41, 5.74) is 0.104. The summed E-state index contributed by atoms with van der Waals surface area (Å²) >= 11 is 0. The van der Waals surface area contributed by atoms with Crippen LogP contribution in [-0.2, 0) is 4.74 Å². The average molecular weight is 226 g/mol. The van der Waals surface area contributed by atoms with Crippen molar-refractivity contribution in [3.8, 4) is 0 Å². The zero-order valence-electron chi connectivity index (χ0n) is 11.0. The van der Waals surface area contributed by atoms with Gasteiger partial charge < -0.3 is 15.0 Å². The summed E-state index contributed by atoms with van der Waals surface area (Å²) in [6.45, 7) is 7.75. The van der Waals surface area contributed by atoms with Crippen LogP contribution in [0.1, 0.15) is 39.5 Å². The van der Waals surface area contributed by atoms with E-state index in [4.69, 9.17) is 4.74 Å². The van der Waals surface area contributed by atoms with Gasteiger partial charge in [0.25, 0.3) is 0 Å². The Morgan fingerprint density at radius 3 is 2.94 bits per heavy atom. The van der Waals surface area contributed by atoms with Crippen LogP contribution in [0, 0.1) is 0 Å². The molecule has 3 atom stereocenters. The Morgan fingerprint density at radius 2 is 2.31 bits per heavy atom. The summed E-state index contributed by atoms with van der Waals surface area (Å²) in [5.74, 6) is 0. The molecule has 0 aliphatic carbocycles. The minimum absolute atomic E-state index is 0.104. The van der Waals surface area contributed by atoms with Crippen LogP contribution in [0.25, 0.3) is 0 Å². The molecule has 2 fully saturated rings. The Hall–Kier alpha value is -0.120. The largest absolute Gasteiger partial charge is 0.374 e. The number of hydrogen-bond acceptors (Lipinski definition) is 3. The Labute approximate surface area is 99.5 Å². The van der Waals surface area contributed by atoms with Gasteiger partial charge in [-0.15, -0.1) is 0 Å². The maximum Gasteiger partial charge on any atom is 0.0779 e. The summed E-state index contributed by atoms with van der Waals surface area (Å²) in [6.07, 6.45) is 4.98. The lowest BCUT2D eigenvalue weighted by molar-refractivity contribution is 0.0159. The molecule has 0 aromatic heterocycles. The first-order valence-corrected chi connectivity index (χ1v) is 6.67. The molecule has 2 saturated heterocycles. The van der Waals surface area contributed by atoms with Gasteiger partial charge in [-0.3, -0.25) is 0 Å². The van der Waals surface area contributed by atoms with Crippen LogP contribution in [0.2, 0.25) is 0 Å². The lowest BCUT2D eigenvalue weighted by Gasteiger charge is -2.37. The van der Waals surface area contributed by atoms with Gasteiger partial charge in [-0.05, 0) is 53.1 Å². The fourth-order valence-electron chi connectivity index (χ4n) is 2.81. The van der Waals surface area contributed by atoms with Gasteiger partial charge in [0.1, 0.15) is 0 Å². The summed E-state index contributed by atoms with van der Waals surface area (Å²) in [5, 5.41) is 3.70. The van der Waals surface area contributed by atoms with Gasteiger partial charge in [-0.1, -0.05) is 0 Å². The smallest absolute Gasteiger partial charge is 0.0779 e. The van der Waals surface area contributed by atoms with Gasteiger partial charge in [0.2, 0.25) is 0 Å². The number of hydrogen-bond donors (Lipinski definition) is 1. The summed E-state index contributed by atoms with van der Waals surface area (Å²) in [6, 6.07) is 1.40. The molecule has 0 spiro atoms. The molecule has 3 nitrogen and oxygen atoms in total. The van der Waals surface area contributed by atoms with Crippen molar-refractivity contribution in [1.29, 1.82) is 0 Å². The number of piperidine rings is 1. The fourth-order valence-corrected chi connectivity index (χ4v) is 2.81. The lowest BCUT2D eigenvalue weighted by atomic mass is 9.97. The highest BCUT2D eigenvalue weighted by molar-refractivity contribution is 4.87. The Kier molecular flexibility index (Phi) is 3.88. The van der Waals surface area contributed by atoms with E-state index in [9.17, 15) is 0 Å². The van der Waals surface area contributed by atoms with E-state index in [-0.39, 0.29) is 5.60 Å². The first-order valence-electron chi connectivity index (χ1n) is 6.67. The quantitative estimate of drug-likeness (QED) is 0.791. The van der Waals surface area contributed by atoms with E-state index >= 15 is 0 Å². The van der Waals surface area contributed by atoms with Crippen LogP contribution in [0.3, 0.4) is 0 Å². The summed E-state index contributed by atoms with van der Waals surface area (Å²) < 4.78 is 5.81. The minimum atomic E-state index is 0.104. The van der Waals surface area contributed by atoms with Crippen LogP contribution in [-0.4, -0.2) is 49.3 Å². The third kappa shape index (κ3) is 2.96. The van der Waals surface area contributed by atoms with E-state index in [1.165, 1.54) is 32.2 Å². The molecule has 94 valence electrons. The fraction of sp³-hybridized carbons (Fsp3) is 1.00. The molecular weight excluding hydrogens is 200 g/mol. The predicted octanol–water partition coefficient (Wildman–Crippen LogP) is 1.63. The van der Waals surface area contributed by atoms with Gasteiger partial charge in [0, 0.05) is 25.2 Å². The molecule has 0 saturated carbocycles. The van der Waals surface area contributed by atoms with Crippen LogP contribution < -0.4 is 5.32 Å². The summed E-state index contributed by atoms with van der Waals surface area (Å²) in [4.78, 5) is 2.45. The average Bonchev–Trinajstić information content (AvgIpc) is 2.68. The zero-order chi connectivity index (χ0) is 11.6. The van der Waals surface area contributed by atoms with Crippen molar-refractivity contribution in [3.05, 3.63) is 0 Å². The van der Waals surface area contributed by atoms with E-state index < -0.39 is 0 Å². The van der Waals surface area contributed by atoms with Crippen LogP contribution >= 0.6 is 0 Å². The van der Waals surface area contributed by atoms with Crippen LogP contribution in [0.4, 0.5) is 0 Å². The van der Waals surface area contributed by atoms with Crippen molar-refractivity contribution in [2.24, 2.45) is 0 Å². The SMILES string of the molecule is CC1CC(NCC2(C)CCCO2)CCN1C. The van der Waals surface area contributed by atoms with Crippen molar-refractivity contribution in [1.82, 2.24) is 10.2 Å². The topological polar surface area (TPSA) is 24.5 Å². The van der Waals surface area contributed by atoms with Gasteiger partial charge in [0.15, 0.2) is 0 Å². The molecular formula is C13H26N2O. The predicted molar refractivity (Wildman–Crippen MR) is 66.7 cm³/mol. The highest BCUT2D eigenvalue weighted by Gasteiger charge is 2.31. The molecule has 0 aromatic rings. The van der Waals surface area contributed by atoms with Gasteiger partial charge >= 0.3 is 0 Å². The molecule has 2 rings (SSSR count). The number of nitrogens with one attached hydrogen (secondary N) is 1. The first kappa shape index (κ1) is 12.3. The maximum atomic E-state index is 5.81. The lowest BCUT2D eigenvalue weighted by Crippen LogP contribution is -2.49. The highest BCUT2D eigenvalue weighted by atomic mass is 16.5. The number of nitrogens with zero attached hydrogens (tertiary/aromatic N) is 1. The maximum absolute atomic E-state index is 5.81. The van der Waals surface area contributed by atoms with Crippen molar-refractivity contribution < 1.29 is 4.74 Å². The van der Waals surface area contributed by atoms with Gasteiger partial charge in [-0.25, -0.2) is 0 Å². The van der Waals surface area contributed by atoms with E-state index in [2.05, 4.69) is 31.1 Å². The number of rotatable bonds is 3. The molecule has 0 aromatic carbocycles. The van der Waals surface area contributed by atoms with Crippen molar-refractivity contribution in [2.75, 3.05) is 26.7 Å². The number of ether oxygens (including phenoxy) is 1. The van der Waals surface area contributed by atoms with Crippen LogP contribution in [0.15, 0.2) is 0 Å². The van der Waals surface area contributed by atoms with Gasteiger partial charge in [-0.2, -0.15) is 0 Å². The Bertz CT molecular complexity index is 226. The minimum Gasteiger partial charge on any atom is -0.374 e. The Morgan fingerprint density at radius 1 is 1.50 bits per heavy atom. The van der Waals surface area contributed by atoms with Crippen molar-refractivity contribution in [2.45, 2.75) is 57.2 Å². The molecule has 16 heavy (non-hydrogen) atoms. The second-order valence-corrected chi connectivity index (χ2v) is 5.83. The summed E-state index contributed by atoms with van der Waals surface area (Å²) in [7, 11) is 2.22. The third-order valence-corrected chi connectivity index (χ3v) is 4.27. The molecule has 2 aliphatic heterocycles. The molecule has 0 amide bonds. The molecule has 3 unspecified atom stereocenters. The van der Waals surface area contributed by atoms with E-state index in [0.717, 1.165) is 13.2 Å². The number of likely N-dealkylation sites (tertiary alicyclic amines) is 1. The molecule has 1 N–H and O–H groups in total. The van der Waals surface area contributed by atoms with Crippen molar-refractivity contribution in [3.63, 3.8) is 0 Å². The zero-order valence-corrected chi connectivity index (χ0v) is 11.0. The van der Waals surface area contributed by atoms with Crippen LogP contribution in [0.5, 0.6) is 0 Å². The Balaban J connectivity index is 1.74. The second kappa shape index (κ2) is 5.03. The molecule has 3 heteroatoms. The normalized spacial score (nSPS) is 41.4. The first-order chi connectivity index (χ1) is 7.59. The van der Waals surface area contributed by atoms with E-state index in [0.29, 0.717) is 12.1 Å². The van der Waals surface area contributed by atoms with Crippen molar-refractivity contribution >= 4 is 0 Å². The monoisotopic (exact) mass is 226 g/mol. The molecule has 2 aliphatic rings.